The molecule has 2 rings (SSSR count). The van der Waals surface area contributed by atoms with E-state index < -0.39 is 5.43 Å². The maximum absolute atomic E-state index is 11.0. The van der Waals surface area contributed by atoms with Gasteiger partial charge in [-0.15, -0.1) is 0 Å². The Kier molecular flexibility index (Phi) is 2.90. The molecule has 0 saturated heterocycles. The highest BCUT2D eigenvalue weighted by molar-refractivity contribution is 6.35. The number of nitrogens with zero attached hydrogens (tertiary/aromatic N) is 1. The van der Waals surface area contributed by atoms with Crippen LogP contribution < -0.4 is 5.43 Å². The minimum absolute atomic E-state index is 0.325. The van der Waals surface area contributed by atoms with Gasteiger partial charge in [-0.25, -0.2) is 0 Å². The Morgan fingerprint density at radius 3 is 2.56 bits per heavy atom. The normalized spacial score (nSPS) is 10.4. The second kappa shape index (κ2) is 4.20. The van der Waals surface area contributed by atoms with Crippen molar-refractivity contribution in [2.45, 2.75) is 0 Å². The third-order valence-electron chi connectivity index (χ3n) is 2.09. The molecule has 1 N–H and O–H groups in total. The van der Waals surface area contributed by atoms with Crippen LogP contribution in [-0.2, 0) is 0 Å². The molecule has 1 heterocycles. The van der Waals surface area contributed by atoms with Crippen molar-refractivity contribution >= 4 is 23.2 Å². The highest BCUT2D eigenvalue weighted by atomic mass is 35.5. The topological polar surface area (TPSA) is 42.2 Å². The smallest absolute Gasteiger partial charge is 0.223 e. The van der Waals surface area contributed by atoms with Gasteiger partial charge in [0.05, 0.1) is 16.9 Å². The fraction of sp³-hybridized carbons (Fsp3) is 0. The van der Waals surface area contributed by atoms with Crippen LogP contribution in [0, 0.1) is 0 Å². The fourth-order valence-electron chi connectivity index (χ4n) is 1.31. The van der Waals surface area contributed by atoms with E-state index in [4.69, 9.17) is 23.2 Å². The van der Waals surface area contributed by atoms with Gasteiger partial charge in [-0.1, -0.05) is 23.2 Å². The molecule has 0 atom stereocenters. The molecule has 82 valence electrons. The average Bonchev–Trinajstić information content (AvgIpc) is 2.22. The summed E-state index contributed by atoms with van der Waals surface area (Å²) in [5, 5.41) is 10.3. The number of aromatic hydroxyl groups is 1. The molecule has 0 aliphatic heterocycles. The third-order valence-corrected chi connectivity index (χ3v) is 2.63. The van der Waals surface area contributed by atoms with Gasteiger partial charge in [0.1, 0.15) is 0 Å². The number of hydrogen-bond donors (Lipinski definition) is 1. The van der Waals surface area contributed by atoms with Gasteiger partial charge in [0.2, 0.25) is 5.43 Å². The fourth-order valence-corrected chi connectivity index (χ4v) is 1.82. The van der Waals surface area contributed by atoms with Crippen LogP contribution in [0.5, 0.6) is 5.75 Å². The summed E-state index contributed by atoms with van der Waals surface area (Å²) in [4.78, 5) is 11.0. The molecular weight excluding hydrogens is 249 g/mol. The van der Waals surface area contributed by atoms with E-state index in [1.54, 1.807) is 22.8 Å². The number of halogens is 2. The predicted octanol–water partition coefficient (Wildman–Crippen LogP) is 2.85. The zero-order valence-corrected chi connectivity index (χ0v) is 9.53. The van der Waals surface area contributed by atoms with E-state index in [1.807, 2.05) is 0 Å². The zero-order chi connectivity index (χ0) is 11.7. The van der Waals surface area contributed by atoms with Gasteiger partial charge in [-0.05, 0) is 18.2 Å². The van der Waals surface area contributed by atoms with Crippen LogP contribution in [0.1, 0.15) is 0 Å². The molecule has 0 spiro atoms. The molecule has 3 nitrogen and oxygen atoms in total. The second-order valence-electron chi connectivity index (χ2n) is 3.20. The van der Waals surface area contributed by atoms with E-state index in [1.165, 1.54) is 18.5 Å². The molecule has 5 heteroatoms. The van der Waals surface area contributed by atoms with Crippen LogP contribution in [0.15, 0.2) is 41.5 Å². The van der Waals surface area contributed by atoms with Crippen LogP contribution >= 0.6 is 23.2 Å². The number of benzene rings is 1. The Morgan fingerprint density at radius 1 is 1.19 bits per heavy atom. The molecule has 0 bridgehead atoms. The summed E-state index contributed by atoms with van der Waals surface area (Å²) < 4.78 is 1.55. The SMILES string of the molecule is O=c1ccn(-c2ccc(Cl)cc2Cl)cc1O. The second-order valence-corrected chi connectivity index (χ2v) is 4.04. The van der Waals surface area contributed by atoms with Crippen molar-refractivity contribution in [1.82, 2.24) is 4.57 Å². The molecular formula is C11H7Cl2NO2. The number of aromatic nitrogens is 1. The largest absolute Gasteiger partial charge is 0.503 e. The lowest BCUT2D eigenvalue weighted by atomic mass is 10.3. The monoisotopic (exact) mass is 255 g/mol. The molecule has 0 saturated carbocycles. The highest BCUT2D eigenvalue weighted by Gasteiger charge is 2.04. The van der Waals surface area contributed by atoms with Gasteiger partial charge in [0.15, 0.2) is 5.75 Å². The van der Waals surface area contributed by atoms with E-state index in [0.717, 1.165) is 0 Å². The van der Waals surface area contributed by atoms with Crippen molar-refractivity contribution in [3.05, 3.63) is 56.9 Å². The summed E-state index contributed by atoms with van der Waals surface area (Å²) in [7, 11) is 0. The molecule has 16 heavy (non-hydrogen) atoms. The first-order valence-corrected chi connectivity index (χ1v) is 5.20. The van der Waals surface area contributed by atoms with Crippen LogP contribution in [0.4, 0.5) is 0 Å². The van der Waals surface area contributed by atoms with Crippen molar-refractivity contribution < 1.29 is 5.11 Å². The van der Waals surface area contributed by atoms with Crippen LogP contribution in [0.25, 0.3) is 5.69 Å². The molecule has 2 aromatic rings. The molecule has 0 fully saturated rings. The third kappa shape index (κ3) is 2.05. The molecule has 1 aromatic carbocycles. The van der Waals surface area contributed by atoms with Crippen molar-refractivity contribution in [1.29, 1.82) is 0 Å². The number of rotatable bonds is 1. The van der Waals surface area contributed by atoms with Gasteiger partial charge in [-0.2, -0.15) is 0 Å². The Morgan fingerprint density at radius 2 is 1.94 bits per heavy atom. The van der Waals surface area contributed by atoms with E-state index in [9.17, 15) is 9.90 Å². The predicted molar refractivity (Wildman–Crippen MR) is 63.7 cm³/mol. The average molecular weight is 256 g/mol. The first kappa shape index (κ1) is 11.0. The van der Waals surface area contributed by atoms with Crippen LogP contribution in [0.2, 0.25) is 10.0 Å². The highest BCUT2D eigenvalue weighted by Crippen LogP contribution is 2.24. The first-order chi connectivity index (χ1) is 7.58. The summed E-state index contributed by atoms with van der Waals surface area (Å²) in [5.74, 6) is -0.325. The maximum Gasteiger partial charge on any atom is 0.223 e. The summed E-state index contributed by atoms with van der Waals surface area (Å²) >= 11 is 11.8. The van der Waals surface area contributed by atoms with Crippen molar-refractivity contribution in [3.63, 3.8) is 0 Å². The lowest BCUT2D eigenvalue weighted by Gasteiger charge is -2.08. The quantitative estimate of drug-likeness (QED) is 0.852. The maximum atomic E-state index is 11.0. The van der Waals surface area contributed by atoms with Crippen molar-refractivity contribution in [2.75, 3.05) is 0 Å². The minimum Gasteiger partial charge on any atom is -0.503 e. The molecule has 0 aliphatic carbocycles. The Balaban J connectivity index is 2.59. The van der Waals surface area contributed by atoms with Crippen molar-refractivity contribution in [3.8, 4) is 11.4 Å². The summed E-state index contributed by atoms with van der Waals surface area (Å²) in [5.41, 5.74) is 0.211. The van der Waals surface area contributed by atoms with Gasteiger partial charge >= 0.3 is 0 Å². The van der Waals surface area contributed by atoms with Crippen LogP contribution in [-0.4, -0.2) is 9.67 Å². The molecule has 1 aromatic heterocycles. The van der Waals surface area contributed by atoms with E-state index >= 15 is 0 Å². The van der Waals surface area contributed by atoms with Gasteiger partial charge in [-0.3, -0.25) is 4.79 Å². The number of pyridine rings is 1. The van der Waals surface area contributed by atoms with E-state index in [2.05, 4.69) is 0 Å². The Labute approximate surface area is 101 Å². The van der Waals surface area contributed by atoms with E-state index in [-0.39, 0.29) is 5.75 Å². The molecule has 0 amide bonds. The minimum atomic E-state index is -0.429. The summed E-state index contributed by atoms with van der Waals surface area (Å²) in [6.07, 6.45) is 2.83. The first-order valence-electron chi connectivity index (χ1n) is 4.44. The summed E-state index contributed by atoms with van der Waals surface area (Å²) in [6, 6.07) is 6.24. The van der Waals surface area contributed by atoms with E-state index in [0.29, 0.717) is 15.7 Å². The van der Waals surface area contributed by atoms with Gasteiger partial charge in [0.25, 0.3) is 0 Å². The van der Waals surface area contributed by atoms with Gasteiger partial charge in [0, 0.05) is 17.3 Å². The Hall–Kier alpha value is -1.45. The van der Waals surface area contributed by atoms with Crippen molar-refractivity contribution in [2.24, 2.45) is 0 Å². The lowest BCUT2D eigenvalue weighted by Crippen LogP contribution is -2.03. The van der Waals surface area contributed by atoms with Gasteiger partial charge < -0.3 is 9.67 Å². The molecule has 0 unspecified atom stereocenters. The number of hydrogen-bond acceptors (Lipinski definition) is 2. The lowest BCUT2D eigenvalue weighted by molar-refractivity contribution is 0.465. The molecule has 0 radical (unpaired) electrons. The zero-order valence-electron chi connectivity index (χ0n) is 8.02. The summed E-state index contributed by atoms with van der Waals surface area (Å²) in [6.45, 7) is 0. The van der Waals surface area contributed by atoms with Crippen LogP contribution in [0.3, 0.4) is 0 Å². The Bertz CT molecular complexity index is 593. The standard InChI is InChI=1S/C11H7Cl2NO2/c12-7-1-2-9(8(13)5-7)14-4-3-10(15)11(16)6-14/h1-6,16H. The molecule has 0 aliphatic rings.